The molecule has 0 amide bonds. The van der Waals surface area contributed by atoms with Gasteiger partial charge in [0.15, 0.2) is 0 Å². The average molecular weight is 147 g/mol. The van der Waals surface area contributed by atoms with Gasteiger partial charge in [-0.1, -0.05) is 43.5 Å². The van der Waals surface area contributed by atoms with E-state index in [2.05, 4.69) is 13.2 Å². The van der Waals surface area contributed by atoms with Gasteiger partial charge < -0.3 is 5.41 Å². The fraction of sp³-hybridized carbons (Fsp3) is 0.100. The molecule has 0 fully saturated rings. The van der Waals surface area contributed by atoms with Crippen LogP contribution in [0.3, 0.4) is 0 Å². The quantitative estimate of drug-likeness (QED) is 0.467. The molecule has 0 saturated heterocycles. The molecule has 0 heterocycles. The zero-order valence-corrected chi connectivity index (χ0v) is 6.80. The molecule has 0 bridgehead atoms. The van der Waals surface area contributed by atoms with Crippen molar-refractivity contribution < 1.29 is 0 Å². The molecule has 0 atom stereocenters. The van der Waals surface area contributed by atoms with E-state index < -0.39 is 0 Å². The van der Waals surface area contributed by atoms with E-state index >= 15 is 0 Å². The largest absolute Gasteiger partial charge is 0.305 e. The highest BCUT2D eigenvalue weighted by atomic mass is 14.4. The molecule has 0 saturated carbocycles. The third-order valence-electron chi connectivity index (χ3n) is 1.14. The van der Waals surface area contributed by atoms with Crippen LogP contribution < -0.4 is 0 Å². The second kappa shape index (κ2) is 5.42. The minimum atomic E-state index is 0.494. The third-order valence-corrected chi connectivity index (χ3v) is 1.14. The van der Waals surface area contributed by atoms with Crippen LogP contribution in [0.5, 0.6) is 0 Å². The molecule has 0 aliphatic carbocycles. The maximum absolute atomic E-state index is 7.19. The molecule has 0 spiro atoms. The molecule has 1 nitrogen and oxygen atoms in total. The predicted molar refractivity (Wildman–Crippen MR) is 51.0 cm³/mol. The average Bonchev–Trinajstić information content (AvgIpc) is 1.97. The number of hydrogen-bond donors (Lipinski definition) is 1. The Bertz CT molecular complexity index is 219. The summed E-state index contributed by atoms with van der Waals surface area (Å²) in [5.74, 6) is 0. The van der Waals surface area contributed by atoms with E-state index in [9.17, 15) is 0 Å². The molecule has 1 N–H and O–H groups in total. The summed E-state index contributed by atoms with van der Waals surface area (Å²) in [5.41, 5.74) is 1.23. The lowest BCUT2D eigenvalue weighted by atomic mass is 10.2. The second-order valence-corrected chi connectivity index (χ2v) is 2.13. The minimum absolute atomic E-state index is 0.494. The number of nitrogens with one attached hydrogen (secondary N) is 1. The standard InChI is InChI=1S/C10H13N/c1-4-5-6-7-8-9(2)10(3)11/h4-8,11H,1-2H2,3H3/b6-5-,8-7-,11-10?. The Kier molecular flexibility index (Phi) is 4.74. The van der Waals surface area contributed by atoms with Crippen LogP contribution in [0, 0.1) is 5.41 Å². The van der Waals surface area contributed by atoms with Gasteiger partial charge in [-0.05, 0) is 12.5 Å². The summed E-state index contributed by atoms with van der Waals surface area (Å²) < 4.78 is 0. The van der Waals surface area contributed by atoms with Gasteiger partial charge in [0.25, 0.3) is 0 Å². The lowest BCUT2D eigenvalue weighted by Crippen LogP contribution is -1.87. The van der Waals surface area contributed by atoms with Crippen LogP contribution in [0.2, 0.25) is 0 Å². The Hall–Kier alpha value is -1.37. The zero-order valence-electron chi connectivity index (χ0n) is 6.80. The minimum Gasteiger partial charge on any atom is -0.305 e. The fourth-order valence-corrected chi connectivity index (χ4v) is 0.439. The summed E-state index contributed by atoms with van der Waals surface area (Å²) >= 11 is 0. The predicted octanol–water partition coefficient (Wildman–Crippen LogP) is 2.88. The lowest BCUT2D eigenvalue weighted by Gasteiger charge is -1.90. The molecule has 0 aliphatic heterocycles. The number of rotatable bonds is 4. The Morgan fingerprint density at radius 3 is 2.36 bits per heavy atom. The van der Waals surface area contributed by atoms with Crippen molar-refractivity contribution in [2.75, 3.05) is 0 Å². The monoisotopic (exact) mass is 147 g/mol. The second-order valence-electron chi connectivity index (χ2n) is 2.13. The first kappa shape index (κ1) is 9.63. The topological polar surface area (TPSA) is 23.9 Å². The molecule has 58 valence electrons. The van der Waals surface area contributed by atoms with Crippen molar-refractivity contribution in [3.05, 3.63) is 49.1 Å². The smallest absolute Gasteiger partial charge is 0.0349 e. The maximum Gasteiger partial charge on any atom is 0.0349 e. The van der Waals surface area contributed by atoms with E-state index in [-0.39, 0.29) is 0 Å². The van der Waals surface area contributed by atoms with Gasteiger partial charge in [-0.3, -0.25) is 0 Å². The van der Waals surface area contributed by atoms with Crippen LogP contribution in [0.1, 0.15) is 6.92 Å². The summed E-state index contributed by atoms with van der Waals surface area (Å²) in [6.07, 6.45) is 9.00. The van der Waals surface area contributed by atoms with E-state index in [1.54, 1.807) is 19.1 Å². The van der Waals surface area contributed by atoms with Gasteiger partial charge in [0, 0.05) is 5.71 Å². The van der Waals surface area contributed by atoms with Crippen molar-refractivity contribution in [3.63, 3.8) is 0 Å². The lowest BCUT2D eigenvalue weighted by molar-refractivity contribution is 1.47. The van der Waals surface area contributed by atoms with Crippen molar-refractivity contribution in [1.82, 2.24) is 0 Å². The Morgan fingerprint density at radius 2 is 1.91 bits per heavy atom. The van der Waals surface area contributed by atoms with Crippen molar-refractivity contribution >= 4 is 5.71 Å². The molecule has 0 rings (SSSR count). The van der Waals surface area contributed by atoms with Gasteiger partial charge in [-0.15, -0.1) is 0 Å². The van der Waals surface area contributed by atoms with Gasteiger partial charge in [0.1, 0.15) is 0 Å². The SMILES string of the molecule is C=C/C=C\C=C/C(=C)C(C)=N. The third kappa shape index (κ3) is 5.09. The first-order valence-electron chi connectivity index (χ1n) is 3.38. The fourth-order valence-electron chi connectivity index (χ4n) is 0.439. The Morgan fingerprint density at radius 1 is 1.27 bits per heavy atom. The molecule has 0 aromatic heterocycles. The van der Waals surface area contributed by atoms with E-state index in [1.807, 2.05) is 18.2 Å². The van der Waals surface area contributed by atoms with Gasteiger partial charge in [0.2, 0.25) is 0 Å². The highest BCUT2D eigenvalue weighted by Gasteiger charge is 1.86. The van der Waals surface area contributed by atoms with E-state index in [4.69, 9.17) is 5.41 Å². The highest BCUT2D eigenvalue weighted by molar-refractivity contribution is 5.97. The van der Waals surface area contributed by atoms with Crippen LogP contribution in [0.25, 0.3) is 0 Å². The zero-order chi connectivity index (χ0) is 8.69. The first-order chi connectivity index (χ1) is 5.18. The summed E-state index contributed by atoms with van der Waals surface area (Å²) in [6, 6.07) is 0. The van der Waals surface area contributed by atoms with Gasteiger partial charge in [0.05, 0.1) is 0 Å². The van der Waals surface area contributed by atoms with Crippen LogP contribution in [-0.2, 0) is 0 Å². The Balaban J connectivity index is 3.93. The molecular weight excluding hydrogens is 134 g/mol. The highest BCUT2D eigenvalue weighted by Crippen LogP contribution is 1.94. The van der Waals surface area contributed by atoms with Crippen LogP contribution in [-0.4, -0.2) is 5.71 Å². The van der Waals surface area contributed by atoms with Crippen molar-refractivity contribution in [3.8, 4) is 0 Å². The first-order valence-corrected chi connectivity index (χ1v) is 3.38. The summed E-state index contributed by atoms with van der Waals surface area (Å²) in [4.78, 5) is 0. The Labute approximate surface area is 68.0 Å². The molecule has 11 heavy (non-hydrogen) atoms. The summed E-state index contributed by atoms with van der Waals surface area (Å²) in [5, 5.41) is 7.19. The van der Waals surface area contributed by atoms with Gasteiger partial charge in [-0.25, -0.2) is 0 Å². The number of hydrogen-bond acceptors (Lipinski definition) is 1. The molecule has 0 aromatic rings. The molecular formula is C10H13N. The van der Waals surface area contributed by atoms with Gasteiger partial charge in [-0.2, -0.15) is 0 Å². The molecule has 0 aliphatic rings. The molecule has 0 radical (unpaired) electrons. The van der Waals surface area contributed by atoms with Crippen molar-refractivity contribution in [2.45, 2.75) is 6.92 Å². The van der Waals surface area contributed by atoms with E-state index in [0.29, 0.717) is 5.71 Å². The van der Waals surface area contributed by atoms with Crippen LogP contribution >= 0.6 is 0 Å². The summed E-state index contributed by atoms with van der Waals surface area (Å²) in [7, 11) is 0. The normalized spacial score (nSPS) is 10.6. The molecule has 0 aromatic carbocycles. The van der Waals surface area contributed by atoms with Gasteiger partial charge >= 0.3 is 0 Å². The number of allylic oxidation sites excluding steroid dienone is 6. The van der Waals surface area contributed by atoms with E-state index in [0.717, 1.165) is 5.57 Å². The maximum atomic E-state index is 7.19. The van der Waals surface area contributed by atoms with Crippen LogP contribution in [0.15, 0.2) is 49.1 Å². The van der Waals surface area contributed by atoms with Crippen LogP contribution in [0.4, 0.5) is 0 Å². The molecule has 1 heteroatoms. The summed E-state index contributed by atoms with van der Waals surface area (Å²) in [6.45, 7) is 8.92. The van der Waals surface area contributed by atoms with E-state index in [1.165, 1.54) is 0 Å². The van der Waals surface area contributed by atoms with Crippen molar-refractivity contribution in [1.29, 1.82) is 5.41 Å². The van der Waals surface area contributed by atoms with Crippen molar-refractivity contribution in [2.24, 2.45) is 0 Å². The molecule has 0 unspecified atom stereocenters.